The van der Waals surface area contributed by atoms with E-state index in [1.807, 2.05) is 12.1 Å². The van der Waals surface area contributed by atoms with E-state index in [1.165, 1.54) is 29.9 Å². The van der Waals surface area contributed by atoms with Crippen molar-refractivity contribution in [3.8, 4) is 22.8 Å². The lowest BCUT2D eigenvalue weighted by Crippen LogP contribution is -1.99. The zero-order valence-electron chi connectivity index (χ0n) is 17.4. The zero-order valence-corrected chi connectivity index (χ0v) is 19.0. The van der Waals surface area contributed by atoms with E-state index in [0.717, 1.165) is 11.1 Å². The van der Waals surface area contributed by atoms with Gasteiger partial charge in [0.1, 0.15) is 0 Å². The fraction of sp³-hybridized carbons (Fsp3) is 0.250. The lowest BCUT2D eigenvalue weighted by atomic mass is 10.1. The van der Waals surface area contributed by atoms with Crippen LogP contribution in [0.3, 0.4) is 0 Å². The Morgan fingerprint density at radius 1 is 0.600 bits per heavy atom. The van der Waals surface area contributed by atoms with Gasteiger partial charge in [-0.1, -0.05) is 52.0 Å². The highest BCUT2D eigenvalue weighted by atomic mass is 32.1. The molecule has 150 valence electrons. The van der Waals surface area contributed by atoms with E-state index in [0.29, 0.717) is 23.5 Å². The Hall–Kier alpha value is -2.70. The molecule has 0 N–H and O–H groups in total. The molecular formula is C24H22N4S2. The van der Waals surface area contributed by atoms with Gasteiger partial charge in [0.25, 0.3) is 0 Å². The molecule has 0 spiro atoms. The summed E-state index contributed by atoms with van der Waals surface area (Å²) in [7, 11) is 0. The van der Waals surface area contributed by atoms with Gasteiger partial charge in [0.2, 0.25) is 11.6 Å². The van der Waals surface area contributed by atoms with E-state index < -0.39 is 0 Å². The predicted octanol–water partition coefficient (Wildman–Crippen LogP) is 7.28. The van der Waals surface area contributed by atoms with Crippen LogP contribution in [-0.4, -0.2) is 20.4 Å². The van der Waals surface area contributed by atoms with Gasteiger partial charge in [-0.2, -0.15) is 0 Å². The van der Waals surface area contributed by atoms with Crippen molar-refractivity contribution in [2.24, 2.45) is 0 Å². The van der Waals surface area contributed by atoms with E-state index in [1.54, 1.807) is 22.7 Å². The first-order valence-electron chi connectivity index (χ1n) is 10.1. The molecular weight excluding hydrogens is 408 g/mol. The molecule has 5 aromatic rings. The summed E-state index contributed by atoms with van der Waals surface area (Å²) in [4.78, 5) is 2.72. The second-order valence-corrected chi connectivity index (χ2v) is 10.3. The van der Waals surface area contributed by atoms with Crippen molar-refractivity contribution in [2.45, 2.75) is 39.5 Å². The quantitative estimate of drug-likeness (QED) is 0.301. The molecule has 0 bridgehead atoms. The Labute approximate surface area is 183 Å². The third kappa shape index (κ3) is 3.30. The number of fused-ring (bicyclic) bond motifs is 2. The third-order valence-corrected chi connectivity index (χ3v) is 8.19. The highest BCUT2D eigenvalue weighted by molar-refractivity contribution is 7.20. The SMILES string of the molecule is CC(C)c1cc2cccc(-c3nnc(-c4cccc5cc(C(C)C)sc45)nn3)c2s1. The van der Waals surface area contributed by atoms with Gasteiger partial charge < -0.3 is 0 Å². The molecule has 3 heterocycles. The molecule has 0 unspecified atom stereocenters. The lowest BCUT2D eigenvalue weighted by molar-refractivity contribution is 0.879. The fourth-order valence-electron chi connectivity index (χ4n) is 3.53. The Kier molecular flexibility index (Phi) is 4.83. The number of hydrogen-bond donors (Lipinski definition) is 0. The van der Waals surface area contributed by atoms with Crippen molar-refractivity contribution in [3.05, 3.63) is 58.3 Å². The average Bonchev–Trinajstić information content (AvgIpc) is 3.38. The summed E-state index contributed by atoms with van der Waals surface area (Å²) >= 11 is 3.60. The maximum atomic E-state index is 4.47. The summed E-state index contributed by atoms with van der Waals surface area (Å²) in [5, 5.41) is 20.3. The number of nitrogens with zero attached hydrogens (tertiary/aromatic N) is 4. The summed E-state index contributed by atoms with van der Waals surface area (Å²) in [6.45, 7) is 8.87. The Bertz CT molecular complexity index is 1240. The van der Waals surface area contributed by atoms with Crippen LogP contribution in [0.2, 0.25) is 0 Å². The zero-order chi connectivity index (χ0) is 20.8. The molecule has 0 fully saturated rings. The van der Waals surface area contributed by atoms with Crippen LogP contribution in [0.15, 0.2) is 48.5 Å². The molecule has 0 saturated carbocycles. The second-order valence-electron chi connectivity index (χ2n) is 8.10. The van der Waals surface area contributed by atoms with Crippen LogP contribution in [0.1, 0.15) is 49.3 Å². The Morgan fingerprint density at radius 2 is 1.00 bits per heavy atom. The van der Waals surface area contributed by atoms with E-state index in [-0.39, 0.29) is 0 Å². The van der Waals surface area contributed by atoms with Gasteiger partial charge >= 0.3 is 0 Å². The predicted molar refractivity (Wildman–Crippen MR) is 127 cm³/mol. The van der Waals surface area contributed by atoms with Gasteiger partial charge in [-0.3, -0.25) is 0 Å². The number of hydrogen-bond acceptors (Lipinski definition) is 6. The van der Waals surface area contributed by atoms with Crippen molar-refractivity contribution < 1.29 is 0 Å². The number of rotatable bonds is 4. The average molecular weight is 431 g/mol. The van der Waals surface area contributed by atoms with Crippen LogP contribution in [0, 0.1) is 0 Å². The monoisotopic (exact) mass is 430 g/mol. The highest BCUT2D eigenvalue weighted by Gasteiger charge is 2.16. The number of benzene rings is 2. The minimum Gasteiger partial charge on any atom is -0.139 e. The van der Waals surface area contributed by atoms with Gasteiger partial charge in [-0.05, 0) is 46.9 Å². The van der Waals surface area contributed by atoms with Crippen LogP contribution in [0.4, 0.5) is 0 Å². The molecule has 0 radical (unpaired) electrons. The summed E-state index contributed by atoms with van der Waals surface area (Å²) < 4.78 is 2.39. The van der Waals surface area contributed by atoms with Crippen molar-refractivity contribution in [2.75, 3.05) is 0 Å². The summed E-state index contributed by atoms with van der Waals surface area (Å²) in [6, 6.07) is 17.0. The van der Waals surface area contributed by atoms with Gasteiger partial charge in [0, 0.05) is 30.3 Å². The fourth-order valence-corrected chi connectivity index (χ4v) is 5.87. The van der Waals surface area contributed by atoms with Crippen LogP contribution >= 0.6 is 22.7 Å². The van der Waals surface area contributed by atoms with E-state index in [9.17, 15) is 0 Å². The minimum atomic E-state index is 0.497. The van der Waals surface area contributed by atoms with Gasteiger partial charge in [0.15, 0.2) is 0 Å². The third-order valence-electron chi connectivity index (χ3n) is 5.23. The summed E-state index contributed by atoms with van der Waals surface area (Å²) in [5.41, 5.74) is 1.99. The maximum absolute atomic E-state index is 4.47. The normalized spacial score (nSPS) is 11.9. The molecule has 0 atom stereocenters. The molecule has 0 aliphatic rings. The van der Waals surface area contributed by atoms with Gasteiger partial charge in [-0.25, -0.2) is 0 Å². The standard InChI is InChI=1S/C24H22N4S2/c1-13(2)19-11-15-7-5-9-17(21(15)29-19)23-25-27-24(28-26-23)18-10-6-8-16-12-20(14(3)4)30-22(16)18/h5-14H,1-4H3. The second kappa shape index (κ2) is 7.52. The first kappa shape index (κ1) is 19.3. The smallest absolute Gasteiger partial charge is 0.139 e. The Balaban J connectivity index is 1.57. The van der Waals surface area contributed by atoms with Crippen molar-refractivity contribution in [3.63, 3.8) is 0 Å². The molecule has 4 nitrogen and oxygen atoms in total. The highest BCUT2D eigenvalue weighted by Crippen LogP contribution is 2.38. The Morgan fingerprint density at radius 3 is 1.37 bits per heavy atom. The maximum Gasteiger partial charge on any atom is 0.205 e. The topological polar surface area (TPSA) is 51.6 Å². The van der Waals surface area contributed by atoms with Crippen LogP contribution in [-0.2, 0) is 0 Å². The molecule has 0 amide bonds. The number of thiophene rings is 2. The van der Waals surface area contributed by atoms with Gasteiger partial charge in [-0.15, -0.1) is 43.1 Å². The first-order chi connectivity index (χ1) is 14.5. The molecule has 30 heavy (non-hydrogen) atoms. The minimum absolute atomic E-state index is 0.497. The van der Waals surface area contributed by atoms with Crippen LogP contribution in [0.5, 0.6) is 0 Å². The first-order valence-corrected chi connectivity index (χ1v) is 11.8. The molecule has 0 aliphatic heterocycles. The van der Waals surface area contributed by atoms with E-state index >= 15 is 0 Å². The summed E-state index contributed by atoms with van der Waals surface area (Å²) in [6.07, 6.45) is 0. The molecule has 2 aromatic carbocycles. The summed E-state index contributed by atoms with van der Waals surface area (Å²) in [5.74, 6) is 2.14. The molecule has 0 aliphatic carbocycles. The van der Waals surface area contributed by atoms with Crippen LogP contribution < -0.4 is 0 Å². The molecule has 6 heteroatoms. The van der Waals surface area contributed by atoms with E-state index in [4.69, 9.17) is 0 Å². The van der Waals surface area contributed by atoms with Crippen LogP contribution in [0.25, 0.3) is 42.9 Å². The largest absolute Gasteiger partial charge is 0.205 e. The van der Waals surface area contributed by atoms with Crippen molar-refractivity contribution in [1.82, 2.24) is 20.4 Å². The van der Waals surface area contributed by atoms with Crippen molar-refractivity contribution >= 4 is 42.8 Å². The lowest BCUT2D eigenvalue weighted by Gasteiger charge is -2.03. The molecule has 5 rings (SSSR count). The molecule has 3 aromatic heterocycles. The molecule has 0 saturated heterocycles. The van der Waals surface area contributed by atoms with Gasteiger partial charge in [0.05, 0.1) is 0 Å². The van der Waals surface area contributed by atoms with Crippen molar-refractivity contribution in [1.29, 1.82) is 0 Å². The van der Waals surface area contributed by atoms with E-state index in [2.05, 4.69) is 84.5 Å². The number of aromatic nitrogens is 4.